The summed E-state index contributed by atoms with van der Waals surface area (Å²) < 4.78 is 12.6. The van der Waals surface area contributed by atoms with Crippen molar-refractivity contribution < 1.29 is 14.3 Å². The number of hydrogen-bond acceptors (Lipinski definition) is 3. The van der Waals surface area contributed by atoms with Crippen LogP contribution in [0.25, 0.3) is 39.5 Å². The summed E-state index contributed by atoms with van der Waals surface area (Å²) >= 11 is 0. The van der Waals surface area contributed by atoms with Gasteiger partial charge in [-0.3, -0.25) is 4.79 Å². The van der Waals surface area contributed by atoms with Crippen LogP contribution in [0.5, 0.6) is 11.5 Å². The minimum Gasteiger partial charge on any atom is -0.489 e. The number of hydrogen-bond donors (Lipinski definition) is 0. The van der Waals surface area contributed by atoms with Crippen molar-refractivity contribution in [1.29, 1.82) is 0 Å². The first-order valence-electron chi connectivity index (χ1n) is 26.3. The van der Waals surface area contributed by atoms with Gasteiger partial charge in [-0.1, -0.05) is 263 Å². The van der Waals surface area contributed by atoms with Gasteiger partial charge in [-0.15, -0.1) is 0 Å². The standard InChI is InChI=1S/C72H70O3/c1-69(2,3)60-30-18-54(19-31-60)57-24-36-63(37-25-57)72(64-38-26-58(27-39-64)55-20-32-61(33-21-55)70(4,5)6,65-40-28-59(29-41-65)56-22-34-62(35-23-56)71(7,8)9)66-42-46-68(47-43-66)75-50-53-14-12-52(13-15-53)49-74-67-44-16-51(17-45-67)11-10-48-73/h10-48H,49-50H2,1-9H3/b11-10+. The van der Waals surface area contributed by atoms with Crippen LogP contribution in [0, 0.1) is 0 Å². The lowest BCUT2D eigenvalue weighted by atomic mass is 9.64. The van der Waals surface area contributed by atoms with Gasteiger partial charge in [-0.05, 0) is 136 Å². The number of carbonyl (C=O) groups excluding carboxylic acids is 1. The Morgan fingerprint density at radius 3 is 0.800 bits per heavy atom. The summed E-state index contributed by atoms with van der Waals surface area (Å²) in [6.45, 7) is 21.2. The third kappa shape index (κ3) is 12.0. The zero-order chi connectivity index (χ0) is 52.8. The number of rotatable bonds is 15. The molecule has 0 aliphatic rings. The van der Waals surface area contributed by atoms with Gasteiger partial charge in [0.25, 0.3) is 0 Å². The smallest absolute Gasteiger partial charge is 0.142 e. The molecule has 9 rings (SSSR count). The summed E-state index contributed by atoms with van der Waals surface area (Å²) in [6.07, 6.45) is 4.03. The maximum Gasteiger partial charge on any atom is 0.142 e. The van der Waals surface area contributed by atoms with Crippen molar-refractivity contribution in [3.63, 3.8) is 0 Å². The molecule has 3 nitrogen and oxygen atoms in total. The monoisotopic (exact) mass is 983 g/mol. The molecule has 75 heavy (non-hydrogen) atoms. The van der Waals surface area contributed by atoms with Crippen LogP contribution in [-0.4, -0.2) is 6.29 Å². The van der Waals surface area contributed by atoms with Crippen LogP contribution < -0.4 is 9.47 Å². The van der Waals surface area contributed by atoms with Crippen LogP contribution in [0.1, 0.15) is 118 Å². The van der Waals surface area contributed by atoms with E-state index in [2.05, 4.69) is 256 Å². The van der Waals surface area contributed by atoms with Crippen molar-refractivity contribution >= 4 is 12.4 Å². The minimum absolute atomic E-state index is 0.0781. The summed E-state index contributed by atoms with van der Waals surface area (Å²) in [6, 6.07) is 79.6. The SMILES string of the molecule is CC(C)(C)c1ccc(-c2ccc(C(c3ccc(OCc4ccc(COc5ccc(/C=C/C=O)cc5)cc4)cc3)(c3ccc(-c4ccc(C(C)(C)C)cc4)cc3)c3ccc(-c4ccc(C(C)(C)C)cc4)cc3)cc2)cc1. The number of carbonyl (C=O) groups is 1. The first kappa shape index (κ1) is 51.9. The highest BCUT2D eigenvalue weighted by Gasteiger charge is 2.39. The molecule has 0 unspecified atom stereocenters. The van der Waals surface area contributed by atoms with E-state index in [4.69, 9.17) is 9.47 Å². The van der Waals surface area contributed by atoms with Gasteiger partial charge in [-0.25, -0.2) is 0 Å². The normalized spacial score (nSPS) is 12.2. The van der Waals surface area contributed by atoms with Crippen molar-refractivity contribution in [1.82, 2.24) is 0 Å². The molecule has 0 aromatic heterocycles. The molecule has 0 saturated heterocycles. The fraction of sp³-hybridized carbons (Fsp3) is 0.208. The lowest BCUT2D eigenvalue weighted by Gasteiger charge is -2.37. The molecule has 0 fully saturated rings. The molecule has 0 aliphatic carbocycles. The molecule has 0 spiro atoms. The first-order chi connectivity index (χ1) is 36.0. The van der Waals surface area contributed by atoms with Crippen molar-refractivity contribution in [2.45, 2.75) is 97.2 Å². The van der Waals surface area contributed by atoms with Gasteiger partial charge in [0.05, 0.1) is 5.41 Å². The molecule has 376 valence electrons. The summed E-state index contributed by atoms with van der Waals surface area (Å²) in [4.78, 5) is 10.7. The molecule has 0 bridgehead atoms. The average Bonchev–Trinajstić information content (AvgIpc) is 3.43. The Hall–Kier alpha value is -8.01. The fourth-order valence-corrected chi connectivity index (χ4v) is 9.92. The lowest BCUT2D eigenvalue weighted by molar-refractivity contribution is -0.104. The molecule has 3 heteroatoms. The summed E-state index contributed by atoms with van der Waals surface area (Å²) in [5, 5.41) is 0. The number of benzene rings is 9. The maximum absolute atomic E-state index is 10.7. The van der Waals surface area contributed by atoms with Crippen LogP contribution in [0.2, 0.25) is 0 Å². The Morgan fingerprint density at radius 1 is 0.307 bits per heavy atom. The summed E-state index contributed by atoms with van der Waals surface area (Å²) in [5.41, 5.74) is 18.3. The molecule has 9 aromatic carbocycles. The van der Waals surface area contributed by atoms with Gasteiger partial charge >= 0.3 is 0 Å². The molecule has 9 aromatic rings. The summed E-state index contributed by atoms with van der Waals surface area (Å²) in [7, 11) is 0. The Kier molecular flexibility index (Phi) is 15.1. The van der Waals surface area contributed by atoms with Crippen LogP contribution in [-0.2, 0) is 39.7 Å². The topological polar surface area (TPSA) is 35.5 Å². The van der Waals surface area contributed by atoms with Crippen molar-refractivity contribution in [3.05, 3.63) is 280 Å². The minimum atomic E-state index is -0.705. The van der Waals surface area contributed by atoms with Crippen LogP contribution in [0.15, 0.2) is 224 Å². The van der Waals surface area contributed by atoms with Crippen molar-refractivity contribution in [3.8, 4) is 44.9 Å². The van der Waals surface area contributed by atoms with Gasteiger partial charge in [0, 0.05) is 0 Å². The predicted molar refractivity (Wildman–Crippen MR) is 314 cm³/mol. The second-order valence-electron chi connectivity index (χ2n) is 22.9. The molecular weight excluding hydrogens is 913 g/mol. The number of aldehydes is 1. The van der Waals surface area contributed by atoms with E-state index in [1.165, 1.54) is 72.8 Å². The van der Waals surface area contributed by atoms with E-state index >= 15 is 0 Å². The maximum atomic E-state index is 10.7. The van der Waals surface area contributed by atoms with Gasteiger partial charge < -0.3 is 9.47 Å². The molecule has 0 amide bonds. The van der Waals surface area contributed by atoms with E-state index in [-0.39, 0.29) is 16.2 Å². The quantitative estimate of drug-likeness (QED) is 0.0583. The number of allylic oxidation sites excluding steroid dienone is 1. The molecule has 0 radical (unpaired) electrons. The lowest BCUT2D eigenvalue weighted by Crippen LogP contribution is -2.31. The highest BCUT2D eigenvalue weighted by molar-refractivity contribution is 5.74. The van der Waals surface area contributed by atoms with E-state index in [1.807, 2.05) is 24.3 Å². The average molecular weight is 983 g/mol. The van der Waals surface area contributed by atoms with E-state index in [1.54, 1.807) is 6.08 Å². The van der Waals surface area contributed by atoms with Gasteiger partial charge in [0.1, 0.15) is 31.0 Å². The Bertz CT molecular complexity index is 3080. The van der Waals surface area contributed by atoms with Crippen LogP contribution >= 0.6 is 0 Å². The Labute approximate surface area is 446 Å². The largest absolute Gasteiger partial charge is 0.489 e. The summed E-state index contributed by atoms with van der Waals surface area (Å²) in [5.74, 6) is 1.57. The van der Waals surface area contributed by atoms with Gasteiger partial charge in [-0.2, -0.15) is 0 Å². The highest BCUT2D eigenvalue weighted by atomic mass is 16.5. The van der Waals surface area contributed by atoms with Gasteiger partial charge in [0.2, 0.25) is 0 Å². The van der Waals surface area contributed by atoms with Crippen LogP contribution in [0.3, 0.4) is 0 Å². The van der Waals surface area contributed by atoms with Crippen LogP contribution in [0.4, 0.5) is 0 Å². The molecule has 0 saturated carbocycles. The van der Waals surface area contributed by atoms with E-state index in [0.717, 1.165) is 40.0 Å². The van der Waals surface area contributed by atoms with E-state index in [0.29, 0.717) is 13.2 Å². The van der Waals surface area contributed by atoms with E-state index < -0.39 is 5.41 Å². The zero-order valence-electron chi connectivity index (χ0n) is 45.2. The van der Waals surface area contributed by atoms with Crippen molar-refractivity contribution in [2.75, 3.05) is 0 Å². The third-order valence-electron chi connectivity index (χ3n) is 14.6. The first-order valence-corrected chi connectivity index (χ1v) is 26.3. The predicted octanol–water partition coefficient (Wildman–Crippen LogP) is 18.3. The highest BCUT2D eigenvalue weighted by Crippen LogP contribution is 2.47. The fourth-order valence-electron chi connectivity index (χ4n) is 9.92. The Balaban J connectivity index is 1.07. The number of ether oxygens (including phenoxy) is 2. The van der Waals surface area contributed by atoms with E-state index in [9.17, 15) is 4.79 Å². The molecule has 0 atom stereocenters. The van der Waals surface area contributed by atoms with Crippen molar-refractivity contribution in [2.24, 2.45) is 0 Å². The molecule has 0 heterocycles. The third-order valence-corrected chi connectivity index (χ3v) is 14.6. The second-order valence-corrected chi connectivity index (χ2v) is 22.9. The van der Waals surface area contributed by atoms with Gasteiger partial charge in [0.15, 0.2) is 0 Å². The second kappa shape index (κ2) is 21.8. The Morgan fingerprint density at radius 2 is 0.547 bits per heavy atom. The molecule has 0 N–H and O–H groups in total. The molecular formula is C72H70O3. The zero-order valence-corrected chi connectivity index (χ0v) is 45.2. The molecule has 0 aliphatic heterocycles.